The number of aliphatic hydroxyl groups is 1. The molecule has 39 heavy (non-hydrogen) atoms. The fourth-order valence-electron chi connectivity index (χ4n) is 5.82. The number of carbonyl (C=O) groups is 2. The molecule has 1 aliphatic carbocycles. The number of carboxylic acid groups (broad SMARTS) is 2. The summed E-state index contributed by atoms with van der Waals surface area (Å²) in [5.74, 6) is -2.35. The van der Waals surface area contributed by atoms with E-state index in [1.165, 1.54) is 28.8 Å². The number of nitrogens with zero attached hydrogens (tertiary/aromatic N) is 1. The summed E-state index contributed by atoms with van der Waals surface area (Å²) in [6, 6.07) is 7.94. The number of phenols is 1. The molecule has 1 aliphatic heterocycles. The van der Waals surface area contributed by atoms with Crippen LogP contribution in [0.5, 0.6) is 5.75 Å². The van der Waals surface area contributed by atoms with Crippen molar-refractivity contribution >= 4 is 23.6 Å². The maximum atomic E-state index is 11.5. The third-order valence-corrected chi connectivity index (χ3v) is 8.50. The van der Waals surface area contributed by atoms with Gasteiger partial charge in [0.25, 0.3) is 0 Å². The Hall–Kier alpha value is -3.42. The Bertz CT molecular complexity index is 1350. The summed E-state index contributed by atoms with van der Waals surface area (Å²) in [4.78, 5) is 24.7. The van der Waals surface area contributed by atoms with Crippen LogP contribution in [0, 0.1) is 0 Å². The maximum absolute atomic E-state index is 11.5. The highest BCUT2D eigenvalue weighted by molar-refractivity contribution is 5.91. The molecule has 0 spiro atoms. The number of hydrogen-bond donors (Lipinski definition) is 4. The van der Waals surface area contributed by atoms with E-state index in [2.05, 4.69) is 45.9 Å². The predicted molar refractivity (Wildman–Crippen MR) is 152 cm³/mol. The number of aromatic hydroxyl groups is 1. The second-order valence-corrected chi connectivity index (χ2v) is 12.1. The molecule has 7 heteroatoms. The lowest BCUT2D eigenvalue weighted by Crippen LogP contribution is -2.41. The van der Waals surface area contributed by atoms with Crippen molar-refractivity contribution in [2.45, 2.75) is 76.9 Å². The number of aliphatic carboxylic acids is 1. The highest BCUT2D eigenvalue weighted by Gasteiger charge is 2.40. The molecule has 0 saturated carbocycles. The van der Waals surface area contributed by atoms with Gasteiger partial charge >= 0.3 is 11.9 Å². The second-order valence-electron chi connectivity index (χ2n) is 12.1. The fraction of sp³-hybridized carbons (Fsp3) is 0.438. The lowest BCUT2D eigenvalue weighted by Gasteiger charge is -2.44. The molecule has 2 aromatic carbocycles. The van der Waals surface area contributed by atoms with Crippen LogP contribution in [-0.2, 0) is 15.6 Å². The molecule has 0 aromatic heterocycles. The van der Waals surface area contributed by atoms with Gasteiger partial charge in [-0.2, -0.15) is 0 Å². The van der Waals surface area contributed by atoms with Crippen molar-refractivity contribution in [1.82, 2.24) is 4.90 Å². The molecule has 0 amide bonds. The van der Waals surface area contributed by atoms with E-state index in [1.807, 2.05) is 4.90 Å². The van der Waals surface area contributed by atoms with E-state index in [4.69, 9.17) is 5.11 Å². The molecule has 2 aromatic rings. The fourth-order valence-corrected chi connectivity index (χ4v) is 5.82. The minimum atomic E-state index is -1.20. The summed E-state index contributed by atoms with van der Waals surface area (Å²) in [5.41, 5.74) is 5.89. The van der Waals surface area contributed by atoms with Crippen LogP contribution in [0.3, 0.4) is 0 Å². The zero-order chi connectivity index (χ0) is 28.7. The van der Waals surface area contributed by atoms with E-state index in [9.17, 15) is 24.9 Å². The van der Waals surface area contributed by atoms with Crippen molar-refractivity contribution in [3.8, 4) is 5.75 Å². The minimum Gasteiger partial charge on any atom is -0.507 e. The summed E-state index contributed by atoms with van der Waals surface area (Å²) >= 11 is 0. The van der Waals surface area contributed by atoms with Gasteiger partial charge in [-0.3, -0.25) is 9.69 Å². The molecule has 4 N–H and O–H groups in total. The molecule has 0 bridgehead atoms. The standard InChI is InChI=1S/C32H39NO6/c1-19(29(36)37)33-14-10-21(11-15-33)24-17-22(18-25-28(24)32(4,5)13-12-31(25,2)3)26(34)9-7-20-6-8-23(30(38)39)27(35)16-20/h6-10,16-19,26,34-35H,11-15H2,1-5H3,(H,36,37)(H,38,39)/b9-7+. The lowest BCUT2D eigenvalue weighted by molar-refractivity contribution is -0.142. The first-order valence-corrected chi connectivity index (χ1v) is 13.5. The van der Waals surface area contributed by atoms with Crippen molar-refractivity contribution in [1.29, 1.82) is 0 Å². The molecule has 0 radical (unpaired) electrons. The monoisotopic (exact) mass is 533 g/mol. The Balaban J connectivity index is 1.75. The van der Waals surface area contributed by atoms with E-state index < -0.39 is 24.1 Å². The molecule has 208 valence electrons. The van der Waals surface area contributed by atoms with Crippen LogP contribution in [-0.4, -0.2) is 56.4 Å². The quantitative estimate of drug-likeness (QED) is 0.358. The van der Waals surface area contributed by atoms with Gasteiger partial charge in [0.15, 0.2) is 0 Å². The Kier molecular flexibility index (Phi) is 7.79. The molecular formula is C32H39NO6. The third-order valence-electron chi connectivity index (χ3n) is 8.50. The smallest absolute Gasteiger partial charge is 0.339 e. The molecular weight excluding hydrogens is 494 g/mol. The zero-order valence-electron chi connectivity index (χ0n) is 23.4. The van der Waals surface area contributed by atoms with Gasteiger partial charge in [-0.15, -0.1) is 0 Å². The third kappa shape index (κ3) is 5.80. The first-order valence-electron chi connectivity index (χ1n) is 13.5. The van der Waals surface area contributed by atoms with Gasteiger partial charge in [-0.05, 0) is 88.6 Å². The summed E-state index contributed by atoms with van der Waals surface area (Å²) in [7, 11) is 0. The number of carboxylic acids is 2. The molecule has 2 unspecified atom stereocenters. The van der Waals surface area contributed by atoms with Crippen molar-refractivity contribution in [2.75, 3.05) is 13.1 Å². The number of rotatable bonds is 7. The van der Waals surface area contributed by atoms with Gasteiger partial charge in [0.1, 0.15) is 17.4 Å². The Labute approximate surface area is 230 Å². The van der Waals surface area contributed by atoms with Crippen molar-refractivity contribution in [2.24, 2.45) is 0 Å². The van der Waals surface area contributed by atoms with Gasteiger partial charge < -0.3 is 20.4 Å². The van der Waals surface area contributed by atoms with Gasteiger partial charge in [0, 0.05) is 13.1 Å². The Morgan fingerprint density at radius 1 is 1.03 bits per heavy atom. The van der Waals surface area contributed by atoms with E-state index in [0.29, 0.717) is 18.7 Å². The summed E-state index contributed by atoms with van der Waals surface area (Å²) in [6.07, 6.45) is 7.35. The second kappa shape index (κ2) is 10.6. The van der Waals surface area contributed by atoms with E-state index in [-0.39, 0.29) is 22.1 Å². The molecule has 2 aliphatic rings. The molecule has 1 heterocycles. The lowest BCUT2D eigenvalue weighted by atomic mass is 9.61. The number of aromatic carboxylic acids is 1. The number of fused-ring (bicyclic) bond motifs is 1. The van der Waals surface area contributed by atoms with Crippen LogP contribution < -0.4 is 0 Å². The van der Waals surface area contributed by atoms with Gasteiger partial charge in [0.2, 0.25) is 0 Å². The summed E-state index contributed by atoms with van der Waals surface area (Å²) in [6.45, 7) is 12.0. The largest absolute Gasteiger partial charge is 0.507 e. The minimum absolute atomic E-state index is 0.0464. The molecule has 4 rings (SSSR count). The first kappa shape index (κ1) is 28.6. The van der Waals surface area contributed by atoms with Crippen molar-refractivity contribution in [3.05, 3.63) is 75.9 Å². The van der Waals surface area contributed by atoms with Gasteiger partial charge in [-0.25, -0.2) is 4.79 Å². The number of benzene rings is 2. The van der Waals surface area contributed by atoms with E-state index in [0.717, 1.165) is 30.4 Å². The predicted octanol–water partition coefficient (Wildman–Crippen LogP) is 5.75. The van der Waals surface area contributed by atoms with Crippen LogP contribution in [0.15, 0.2) is 42.5 Å². The molecule has 0 saturated heterocycles. The highest BCUT2D eigenvalue weighted by atomic mass is 16.4. The normalized spacial score (nSPS) is 20.2. The topological polar surface area (TPSA) is 118 Å². The van der Waals surface area contributed by atoms with Crippen LogP contribution in [0.4, 0.5) is 0 Å². The summed E-state index contributed by atoms with van der Waals surface area (Å²) < 4.78 is 0. The molecule has 7 nitrogen and oxygen atoms in total. The first-order chi connectivity index (χ1) is 18.2. The molecule has 2 atom stereocenters. The molecule has 0 fully saturated rings. The number of hydrogen-bond acceptors (Lipinski definition) is 5. The average Bonchev–Trinajstić information content (AvgIpc) is 2.88. The van der Waals surface area contributed by atoms with Gasteiger partial charge in [-0.1, -0.05) is 58.1 Å². The van der Waals surface area contributed by atoms with Gasteiger partial charge in [0.05, 0.1) is 6.10 Å². The highest BCUT2D eigenvalue weighted by Crippen LogP contribution is 2.50. The Morgan fingerprint density at radius 2 is 1.72 bits per heavy atom. The van der Waals surface area contributed by atoms with Crippen LogP contribution in [0.25, 0.3) is 11.6 Å². The maximum Gasteiger partial charge on any atom is 0.339 e. The van der Waals surface area contributed by atoms with Crippen LogP contribution >= 0.6 is 0 Å². The van der Waals surface area contributed by atoms with Crippen LogP contribution in [0.1, 0.15) is 98.2 Å². The van der Waals surface area contributed by atoms with E-state index in [1.54, 1.807) is 25.1 Å². The average molecular weight is 534 g/mol. The Morgan fingerprint density at radius 3 is 2.31 bits per heavy atom. The summed E-state index contributed by atoms with van der Waals surface area (Å²) in [5, 5.41) is 39.9. The van der Waals surface area contributed by atoms with E-state index >= 15 is 0 Å². The SMILES string of the molecule is CC(C(=O)O)N1CC=C(c2cc(C(O)/C=C/c3ccc(C(=O)O)c(O)c3)cc3c2C(C)(C)CCC3(C)C)CC1. The zero-order valence-corrected chi connectivity index (χ0v) is 23.4. The number of aliphatic hydroxyl groups excluding tert-OH is 1. The van der Waals surface area contributed by atoms with Crippen molar-refractivity contribution < 1.29 is 30.0 Å². The van der Waals surface area contributed by atoms with Crippen LogP contribution in [0.2, 0.25) is 0 Å². The van der Waals surface area contributed by atoms with Crippen molar-refractivity contribution in [3.63, 3.8) is 0 Å².